The van der Waals surface area contributed by atoms with E-state index < -0.39 is 0 Å². The smallest absolute Gasteiger partial charge is 0.0634 e. The summed E-state index contributed by atoms with van der Waals surface area (Å²) in [6.07, 6.45) is 1.85. The first-order valence-corrected chi connectivity index (χ1v) is 6.94. The molecule has 1 aromatic rings. The Kier molecular flexibility index (Phi) is 5.93. The average Bonchev–Trinajstić information content (AvgIpc) is 2.23. The number of rotatable bonds is 6. The van der Waals surface area contributed by atoms with Gasteiger partial charge in [0.2, 0.25) is 0 Å². The van der Waals surface area contributed by atoms with E-state index in [9.17, 15) is 5.11 Å². The van der Waals surface area contributed by atoms with Gasteiger partial charge in [0.25, 0.3) is 0 Å². The molecule has 1 aromatic carbocycles. The van der Waals surface area contributed by atoms with E-state index in [0.717, 1.165) is 18.6 Å². The standard InChI is InChI=1S/C14H22OS/c1-11(2)7-8-13(15)10-16-14-6-4-5-12(3)9-14/h4-6,9,11,13,15H,7-8,10H2,1-3H3. The maximum absolute atomic E-state index is 9.81. The van der Waals surface area contributed by atoms with E-state index in [1.165, 1.54) is 10.5 Å². The van der Waals surface area contributed by atoms with Gasteiger partial charge in [-0.25, -0.2) is 0 Å². The van der Waals surface area contributed by atoms with Crippen LogP contribution in [0.25, 0.3) is 0 Å². The van der Waals surface area contributed by atoms with Crippen molar-refractivity contribution in [2.24, 2.45) is 5.92 Å². The van der Waals surface area contributed by atoms with Crippen LogP contribution >= 0.6 is 11.8 Å². The van der Waals surface area contributed by atoms with Crippen molar-refractivity contribution in [3.63, 3.8) is 0 Å². The quantitative estimate of drug-likeness (QED) is 0.759. The van der Waals surface area contributed by atoms with Crippen LogP contribution in [0.15, 0.2) is 29.2 Å². The van der Waals surface area contributed by atoms with E-state index in [1.54, 1.807) is 11.8 Å². The lowest BCUT2D eigenvalue weighted by atomic mass is 10.1. The molecule has 16 heavy (non-hydrogen) atoms. The molecule has 0 aliphatic carbocycles. The number of aliphatic hydroxyl groups excluding tert-OH is 1. The maximum Gasteiger partial charge on any atom is 0.0634 e. The highest BCUT2D eigenvalue weighted by atomic mass is 32.2. The molecule has 1 nitrogen and oxygen atoms in total. The predicted octanol–water partition coefficient (Wildman–Crippen LogP) is 3.88. The number of hydrogen-bond donors (Lipinski definition) is 1. The highest BCUT2D eigenvalue weighted by molar-refractivity contribution is 7.99. The van der Waals surface area contributed by atoms with Crippen LogP contribution in [0.4, 0.5) is 0 Å². The second-order valence-corrected chi connectivity index (χ2v) is 5.85. The largest absolute Gasteiger partial charge is 0.392 e. The monoisotopic (exact) mass is 238 g/mol. The summed E-state index contributed by atoms with van der Waals surface area (Å²) >= 11 is 1.74. The summed E-state index contributed by atoms with van der Waals surface area (Å²) in [4.78, 5) is 1.25. The molecular formula is C14H22OS. The summed E-state index contributed by atoms with van der Waals surface area (Å²) < 4.78 is 0. The average molecular weight is 238 g/mol. The van der Waals surface area contributed by atoms with Crippen LogP contribution in [-0.4, -0.2) is 17.0 Å². The van der Waals surface area contributed by atoms with Gasteiger partial charge < -0.3 is 5.11 Å². The fourth-order valence-corrected chi connectivity index (χ4v) is 2.50. The van der Waals surface area contributed by atoms with Crippen LogP contribution in [0, 0.1) is 12.8 Å². The molecule has 2 heteroatoms. The van der Waals surface area contributed by atoms with Gasteiger partial charge in [0.05, 0.1) is 6.10 Å². The van der Waals surface area contributed by atoms with Crippen LogP contribution in [0.5, 0.6) is 0 Å². The molecule has 1 N–H and O–H groups in total. The van der Waals surface area contributed by atoms with Gasteiger partial charge in [-0.05, 0) is 37.8 Å². The number of hydrogen-bond acceptors (Lipinski definition) is 2. The fraction of sp³-hybridized carbons (Fsp3) is 0.571. The van der Waals surface area contributed by atoms with Crippen LogP contribution < -0.4 is 0 Å². The number of aryl methyl sites for hydroxylation is 1. The summed E-state index contributed by atoms with van der Waals surface area (Å²) in [5.41, 5.74) is 1.28. The third-order valence-electron chi connectivity index (χ3n) is 2.51. The van der Waals surface area contributed by atoms with E-state index in [1.807, 2.05) is 0 Å². The van der Waals surface area contributed by atoms with Crippen molar-refractivity contribution >= 4 is 11.8 Å². The number of benzene rings is 1. The lowest BCUT2D eigenvalue weighted by molar-refractivity contribution is 0.180. The minimum absolute atomic E-state index is 0.173. The zero-order chi connectivity index (χ0) is 12.0. The Labute approximate surface area is 103 Å². The van der Waals surface area contributed by atoms with E-state index in [0.29, 0.717) is 5.92 Å². The van der Waals surface area contributed by atoms with Crippen LogP contribution in [0.2, 0.25) is 0 Å². The molecule has 0 aromatic heterocycles. The minimum atomic E-state index is -0.173. The number of aliphatic hydroxyl groups is 1. The second-order valence-electron chi connectivity index (χ2n) is 4.75. The zero-order valence-corrected chi connectivity index (χ0v) is 11.3. The molecule has 0 amide bonds. The highest BCUT2D eigenvalue weighted by Gasteiger charge is 2.06. The molecule has 0 radical (unpaired) electrons. The van der Waals surface area contributed by atoms with Gasteiger partial charge in [0.15, 0.2) is 0 Å². The fourth-order valence-electron chi connectivity index (χ4n) is 1.51. The molecule has 0 saturated heterocycles. The summed E-state index contributed by atoms with van der Waals surface area (Å²) in [6.45, 7) is 6.49. The topological polar surface area (TPSA) is 20.2 Å². The molecule has 0 saturated carbocycles. The van der Waals surface area contributed by atoms with E-state index in [2.05, 4.69) is 45.0 Å². The molecule has 0 fully saturated rings. The van der Waals surface area contributed by atoms with Gasteiger partial charge in [-0.3, -0.25) is 0 Å². The van der Waals surface area contributed by atoms with Gasteiger partial charge >= 0.3 is 0 Å². The summed E-state index contributed by atoms with van der Waals surface area (Å²) in [6, 6.07) is 8.43. The summed E-state index contributed by atoms with van der Waals surface area (Å²) in [7, 11) is 0. The van der Waals surface area contributed by atoms with Crippen molar-refractivity contribution in [3.05, 3.63) is 29.8 Å². The Hall–Kier alpha value is -0.470. The first-order valence-electron chi connectivity index (χ1n) is 5.95. The van der Waals surface area contributed by atoms with E-state index in [4.69, 9.17) is 0 Å². The van der Waals surface area contributed by atoms with E-state index in [-0.39, 0.29) is 6.10 Å². The van der Waals surface area contributed by atoms with Gasteiger partial charge in [0.1, 0.15) is 0 Å². The third kappa shape index (κ3) is 5.57. The Bertz CT molecular complexity index is 309. The number of thioether (sulfide) groups is 1. The summed E-state index contributed by atoms with van der Waals surface area (Å²) in [5, 5.41) is 9.81. The van der Waals surface area contributed by atoms with Crippen molar-refractivity contribution in [1.82, 2.24) is 0 Å². The lowest BCUT2D eigenvalue weighted by Crippen LogP contribution is -2.10. The van der Waals surface area contributed by atoms with Gasteiger partial charge in [-0.1, -0.05) is 31.5 Å². The van der Waals surface area contributed by atoms with Gasteiger partial charge in [-0.2, -0.15) is 0 Å². The Morgan fingerprint density at radius 3 is 2.62 bits per heavy atom. The maximum atomic E-state index is 9.81. The molecule has 0 aliphatic heterocycles. The first-order chi connectivity index (χ1) is 7.58. The SMILES string of the molecule is Cc1cccc(SCC(O)CCC(C)C)c1. The predicted molar refractivity (Wildman–Crippen MR) is 72.0 cm³/mol. The Morgan fingerprint density at radius 1 is 1.25 bits per heavy atom. The van der Waals surface area contributed by atoms with Crippen molar-refractivity contribution in [2.75, 3.05) is 5.75 Å². The molecule has 90 valence electrons. The summed E-state index contributed by atoms with van der Waals surface area (Å²) in [5.74, 6) is 1.48. The zero-order valence-electron chi connectivity index (χ0n) is 10.4. The van der Waals surface area contributed by atoms with Crippen LogP contribution in [0.3, 0.4) is 0 Å². The molecular weight excluding hydrogens is 216 g/mol. The molecule has 0 spiro atoms. The Balaban J connectivity index is 2.28. The molecule has 0 bridgehead atoms. The van der Waals surface area contributed by atoms with Crippen LogP contribution in [0.1, 0.15) is 32.3 Å². The molecule has 1 unspecified atom stereocenters. The van der Waals surface area contributed by atoms with Gasteiger partial charge in [-0.15, -0.1) is 11.8 Å². The van der Waals surface area contributed by atoms with Crippen molar-refractivity contribution in [1.29, 1.82) is 0 Å². The highest BCUT2D eigenvalue weighted by Crippen LogP contribution is 2.21. The first kappa shape index (κ1) is 13.6. The Morgan fingerprint density at radius 2 is 2.00 bits per heavy atom. The third-order valence-corrected chi connectivity index (χ3v) is 3.65. The van der Waals surface area contributed by atoms with Crippen molar-refractivity contribution in [3.8, 4) is 0 Å². The van der Waals surface area contributed by atoms with Crippen molar-refractivity contribution in [2.45, 2.75) is 44.6 Å². The second kappa shape index (κ2) is 6.97. The molecule has 0 aliphatic rings. The molecule has 0 heterocycles. The molecule has 1 rings (SSSR count). The van der Waals surface area contributed by atoms with Gasteiger partial charge in [0, 0.05) is 10.6 Å². The van der Waals surface area contributed by atoms with Crippen molar-refractivity contribution < 1.29 is 5.11 Å². The van der Waals surface area contributed by atoms with Crippen LogP contribution in [-0.2, 0) is 0 Å². The lowest BCUT2D eigenvalue weighted by Gasteiger charge is -2.11. The normalized spacial score (nSPS) is 13.1. The van der Waals surface area contributed by atoms with E-state index >= 15 is 0 Å². The minimum Gasteiger partial charge on any atom is -0.392 e. The molecule has 1 atom stereocenters.